The molecule has 0 aliphatic heterocycles. The Morgan fingerprint density at radius 2 is 1.85 bits per heavy atom. The van der Waals surface area contributed by atoms with Crippen LogP contribution in [-0.4, -0.2) is 22.2 Å². The molecule has 1 atom stereocenters. The van der Waals surface area contributed by atoms with Crippen LogP contribution in [0.25, 0.3) is 0 Å². The van der Waals surface area contributed by atoms with Gasteiger partial charge in [-0.3, -0.25) is 9.78 Å². The zero-order valence-electron chi connectivity index (χ0n) is 13.9. The summed E-state index contributed by atoms with van der Waals surface area (Å²) in [6, 6.07) is 2.80. The SMILES string of the molecule is O=C(NCc1cncc(C2CC2)c1)C(O)(c1ccc(F)c(F)c1)C(F)(F)F. The van der Waals surface area contributed by atoms with Gasteiger partial charge in [-0.2, -0.15) is 13.2 Å². The van der Waals surface area contributed by atoms with Crippen molar-refractivity contribution in [1.29, 1.82) is 0 Å². The molecule has 0 saturated heterocycles. The van der Waals surface area contributed by atoms with Crippen molar-refractivity contribution in [3.8, 4) is 0 Å². The van der Waals surface area contributed by atoms with E-state index < -0.39 is 34.9 Å². The van der Waals surface area contributed by atoms with Gasteiger partial charge >= 0.3 is 6.18 Å². The lowest BCUT2D eigenvalue weighted by atomic mass is 9.91. The molecule has 4 nitrogen and oxygen atoms in total. The summed E-state index contributed by atoms with van der Waals surface area (Å²) in [5.41, 5.74) is -3.75. The number of amides is 1. The van der Waals surface area contributed by atoms with Crippen LogP contribution in [0.1, 0.15) is 35.4 Å². The lowest BCUT2D eigenvalue weighted by molar-refractivity contribution is -0.257. The minimum absolute atomic E-state index is 0.150. The zero-order chi connectivity index (χ0) is 19.8. The smallest absolute Gasteiger partial charge is 0.369 e. The molecule has 1 fully saturated rings. The van der Waals surface area contributed by atoms with Crippen LogP contribution < -0.4 is 5.32 Å². The molecule has 3 rings (SSSR count). The van der Waals surface area contributed by atoms with Crippen molar-refractivity contribution in [1.82, 2.24) is 10.3 Å². The Bertz CT molecular complexity index is 867. The van der Waals surface area contributed by atoms with E-state index in [-0.39, 0.29) is 12.6 Å². The Hall–Kier alpha value is -2.55. The Labute approximate surface area is 151 Å². The summed E-state index contributed by atoms with van der Waals surface area (Å²) in [6.45, 7) is -0.311. The van der Waals surface area contributed by atoms with Crippen LogP contribution >= 0.6 is 0 Å². The first-order valence-corrected chi connectivity index (χ1v) is 8.09. The molecule has 1 aromatic heterocycles. The number of nitrogens with zero attached hydrogens (tertiary/aromatic N) is 1. The quantitative estimate of drug-likeness (QED) is 0.776. The number of hydrogen-bond donors (Lipinski definition) is 2. The van der Waals surface area contributed by atoms with Crippen LogP contribution in [0.4, 0.5) is 22.0 Å². The molecule has 1 aromatic carbocycles. The molecule has 2 aromatic rings. The van der Waals surface area contributed by atoms with E-state index in [2.05, 4.69) is 4.98 Å². The van der Waals surface area contributed by atoms with Gasteiger partial charge in [0, 0.05) is 24.5 Å². The van der Waals surface area contributed by atoms with Gasteiger partial charge in [0.15, 0.2) is 11.6 Å². The second-order valence-corrected chi connectivity index (χ2v) is 6.42. The number of alkyl halides is 3. The Kier molecular flexibility index (Phi) is 4.90. The molecule has 1 aliphatic carbocycles. The maximum absolute atomic E-state index is 13.4. The number of benzene rings is 1. The van der Waals surface area contributed by atoms with Crippen LogP contribution in [0.2, 0.25) is 0 Å². The topological polar surface area (TPSA) is 62.2 Å². The first-order chi connectivity index (χ1) is 12.6. The van der Waals surface area contributed by atoms with Crippen molar-refractivity contribution in [3.05, 3.63) is 65.0 Å². The van der Waals surface area contributed by atoms with E-state index in [0.29, 0.717) is 23.6 Å². The first-order valence-electron chi connectivity index (χ1n) is 8.09. The number of carbonyl (C=O) groups excluding carboxylic acids is 1. The number of hydrogen-bond acceptors (Lipinski definition) is 3. The third-order valence-electron chi connectivity index (χ3n) is 4.39. The summed E-state index contributed by atoms with van der Waals surface area (Å²) >= 11 is 0. The van der Waals surface area contributed by atoms with Crippen LogP contribution in [-0.2, 0) is 16.9 Å². The summed E-state index contributed by atoms with van der Waals surface area (Å²) in [7, 11) is 0. The molecular formula is C18H15F5N2O2. The van der Waals surface area contributed by atoms with E-state index in [1.807, 2.05) is 5.32 Å². The van der Waals surface area contributed by atoms with Gasteiger partial charge in [0.05, 0.1) is 0 Å². The number of pyridine rings is 1. The Morgan fingerprint density at radius 3 is 2.44 bits per heavy atom. The fraction of sp³-hybridized carbons (Fsp3) is 0.333. The lowest BCUT2D eigenvalue weighted by Crippen LogP contribution is -2.54. The standard InChI is InChI=1S/C18H15F5N2O2/c19-14-4-3-13(6-15(14)20)17(27,18(21,22)23)16(26)25-8-10-5-12(9-24-7-10)11-1-2-11/h3-7,9,11,27H,1-2,8H2,(H,25,26). The molecule has 1 aliphatic rings. The van der Waals surface area contributed by atoms with Crippen molar-refractivity contribution in [2.45, 2.75) is 37.1 Å². The molecule has 1 amide bonds. The van der Waals surface area contributed by atoms with E-state index in [0.717, 1.165) is 18.4 Å². The van der Waals surface area contributed by atoms with Gasteiger partial charge in [-0.05, 0) is 42.0 Å². The van der Waals surface area contributed by atoms with Crippen LogP contribution in [0.5, 0.6) is 0 Å². The number of nitrogens with one attached hydrogen (secondary N) is 1. The number of aromatic nitrogens is 1. The number of aliphatic hydroxyl groups is 1. The summed E-state index contributed by atoms with van der Waals surface area (Å²) < 4.78 is 66.7. The van der Waals surface area contributed by atoms with Crippen molar-refractivity contribution in [3.63, 3.8) is 0 Å². The van der Waals surface area contributed by atoms with E-state index in [1.54, 1.807) is 12.3 Å². The van der Waals surface area contributed by atoms with E-state index >= 15 is 0 Å². The highest BCUT2D eigenvalue weighted by Crippen LogP contribution is 2.41. The molecule has 0 spiro atoms. The molecule has 27 heavy (non-hydrogen) atoms. The molecular weight excluding hydrogens is 371 g/mol. The summed E-state index contributed by atoms with van der Waals surface area (Å²) in [5, 5.41) is 12.1. The average Bonchev–Trinajstić information content (AvgIpc) is 3.45. The molecule has 1 saturated carbocycles. The second kappa shape index (κ2) is 6.88. The average molecular weight is 386 g/mol. The van der Waals surface area contributed by atoms with Gasteiger partial charge in [0.2, 0.25) is 0 Å². The Balaban J connectivity index is 1.83. The molecule has 2 N–H and O–H groups in total. The third-order valence-corrected chi connectivity index (χ3v) is 4.39. The van der Waals surface area contributed by atoms with Gasteiger partial charge in [-0.1, -0.05) is 12.1 Å². The van der Waals surface area contributed by atoms with Crippen LogP contribution in [0.3, 0.4) is 0 Å². The van der Waals surface area contributed by atoms with Gasteiger partial charge < -0.3 is 10.4 Å². The van der Waals surface area contributed by atoms with Gasteiger partial charge in [0.1, 0.15) is 0 Å². The zero-order valence-corrected chi connectivity index (χ0v) is 13.9. The highest BCUT2D eigenvalue weighted by atomic mass is 19.4. The fourth-order valence-electron chi connectivity index (χ4n) is 2.70. The van der Waals surface area contributed by atoms with Crippen molar-refractivity contribution < 1.29 is 31.9 Å². The molecule has 1 unspecified atom stereocenters. The maximum atomic E-state index is 13.4. The second-order valence-electron chi connectivity index (χ2n) is 6.42. The van der Waals surface area contributed by atoms with Crippen molar-refractivity contribution in [2.75, 3.05) is 0 Å². The first kappa shape index (κ1) is 19.2. The normalized spacial score (nSPS) is 16.7. The maximum Gasteiger partial charge on any atom is 0.430 e. The van der Waals surface area contributed by atoms with Crippen molar-refractivity contribution in [2.24, 2.45) is 0 Å². The molecule has 0 bridgehead atoms. The van der Waals surface area contributed by atoms with Gasteiger partial charge in [0.25, 0.3) is 11.5 Å². The lowest BCUT2D eigenvalue weighted by Gasteiger charge is -2.29. The highest BCUT2D eigenvalue weighted by molar-refractivity contribution is 5.87. The van der Waals surface area contributed by atoms with E-state index in [4.69, 9.17) is 0 Å². The predicted molar refractivity (Wildman–Crippen MR) is 84.4 cm³/mol. The van der Waals surface area contributed by atoms with Crippen LogP contribution in [0, 0.1) is 11.6 Å². The number of halogens is 5. The monoisotopic (exact) mass is 386 g/mol. The Morgan fingerprint density at radius 1 is 1.15 bits per heavy atom. The number of carbonyl (C=O) groups is 1. The largest absolute Gasteiger partial charge is 0.430 e. The van der Waals surface area contributed by atoms with Crippen LogP contribution in [0.15, 0.2) is 36.7 Å². The molecule has 144 valence electrons. The predicted octanol–water partition coefficient (Wildman–Crippen LogP) is 3.30. The highest BCUT2D eigenvalue weighted by Gasteiger charge is 2.61. The molecule has 0 radical (unpaired) electrons. The third kappa shape index (κ3) is 3.78. The van der Waals surface area contributed by atoms with Crippen molar-refractivity contribution >= 4 is 5.91 Å². The summed E-state index contributed by atoms with van der Waals surface area (Å²) in [5.74, 6) is -4.43. The number of rotatable bonds is 5. The van der Waals surface area contributed by atoms with E-state index in [1.165, 1.54) is 6.20 Å². The summed E-state index contributed by atoms with van der Waals surface area (Å²) in [6.07, 6.45) is -0.412. The minimum Gasteiger partial charge on any atom is -0.369 e. The fourth-order valence-corrected chi connectivity index (χ4v) is 2.70. The summed E-state index contributed by atoms with van der Waals surface area (Å²) in [4.78, 5) is 16.2. The molecule has 1 heterocycles. The van der Waals surface area contributed by atoms with Gasteiger partial charge in [-0.15, -0.1) is 0 Å². The molecule has 9 heteroatoms. The van der Waals surface area contributed by atoms with Gasteiger partial charge in [-0.25, -0.2) is 8.78 Å². The van der Waals surface area contributed by atoms with E-state index in [9.17, 15) is 31.9 Å². The minimum atomic E-state index is -5.45.